The minimum atomic E-state index is -4.39. The summed E-state index contributed by atoms with van der Waals surface area (Å²) in [5, 5.41) is 8.93. The van der Waals surface area contributed by atoms with Crippen molar-refractivity contribution in [1.82, 2.24) is 0 Å². The lowest BCUT2D eigenvalue weighted by molar-refractivity contribution is -0.139. The normalized spacial score (nSPS) is 12.3. The standard InChI is InChI=1S/C13H13F3O3/c1-2-19-12(18)10(8-17)7-9-3-5-11(6-4-9)13(14,15)16/h3-6,8,17H,2,7H2,1H3/b10-8+. The van der Waals surface area contributed by atoms with Gasteiger partial charge in [0.25, 0.3) is 0 Å². The van der Waals surface area contributed by atoms with Crippen molar-refractivity contribution >= 4 is 5.97 Å². The van der Waals surface area contributed by atoms with Crippen molar-refractivity contribution in [2.75, 3.05) is 6.61 Å². The van der Waals surface area contributed by atoms with Crippen molar-refractivity contribution in [1.29, 1.82) is 0 Å². The summed E-state index contributed by atoms with van der Waals surface area (Å²) < 4.78 is 41.8. The SMILES string of the molecule is CCOC(=O)/C(=C/O)Cc1ccc(C(F)(F)F)cc1. The molecule has 0 atom stereocenters. The van der Waals surface area contributed by atoms with Gasteiger partial charge in [-0.05, 0) is 24.6 Å². The maximum Gasteiger partial charge on any atom is 0.416 e. The second-order valence-corrected chi connectivity index (χ2v) is 3.75. The molecular weight excluding hydrogens is 261 g/mol. The van der Waals surface area contributed by atoms with Crippen molar-refractivity contribution in [2.24, 2.45) is 0 Å². The van der Waals surface area contributed by atoms with E-state index in [1.165, 1.54) is 12.1 Å². The number of hydrogen-bond acceptors (Lipinski definition) is 3. The van der Waals surface area contributed by atoms with Crippen LogP contribution in [-0.4, -0.2) is 17.7 Å². The van der Waals surface area contributed by atoms with E-state index in [-0.39, 0.29) is 18.6 Å². The maximum atomic E-state index is 12.4. The third-order valence-electron chi connectivity index (χ3n) is 2.37. The fraction of sp³-hybridized carbons (Fsp3) is 0.308. The first-order valence-electron chi connectivity index (χ1n) is 5.55. The monoisotopic (exact) mass is 274 g/mol. The van der Waals surface area contributed by atoms with Crippen molar-refractivity contribution in [3.8, 4) is 0 Å². The first-order valence-corrected chi connectivity index (χ1v) is 5.55. The van der Waals surface area contributed by atoms with Gasteiger partial charge >= 0.3 is 12.1 Å². The third kappa shape index (κ3) is 4.31. The molecule has 0 saturated heterocycles. The number of halogens is 3. The van der Waals surface area contributed by atoms with Gasteiger partial charge in [-0.25, -0.2) is 4.79 Å². The predicted octanol–water partition coefficient (Wildman–Crippen LogP) is 3.25. The van der Waals surface area contributed by atoms with Gasteiger partial charge in [0.15, 0.2) is 0 Å². The summed E-state index contributed by atoms with van der Waals surface area (Å²) in [6.07, 6.45) is -3.78. The van der Waals surface area contributed by atoms with E-state index in [1.54, 1.807) is 6.92 Å². The number of rotatable bonds is 4. The average Bonchev–Trinajstić information content (AvgIpc) is 2.35. The molecule has 0 unspecified atom stereocenters. The highest BCUT2D eigenvalue weighted by atomic mass is 19.4. The van der Waals surface area contributed by atoms with Gasteiger partial charge in [0.1, 0.15) is 0 Å². The molecule has 0 heterocycles. The summed E-state index contributed by atoms with van der Waals surface area (Å²) in [6, 6.07) is 4.36. The molecule has 1 N–H and O–H groups in total. The Balaban J connectivity index is 2.80. The summed E-state index contributed by atoms with van der Waals surface area (Å²) in [4.78, 5) is 11.4. The molecule has 0 radical (unpaired) electrons. The molecule has 1 aromatic carbocycles. The summed E-state index contributed by atoms with van der Waals surface area (Å²) in [7, 11) is 0. The van der Waals surface area contributed by atoms with Crippen molar-refractivity contribution in [3.63, 3.8) is 0 Å². The Hall–Kier alpha value is -1.98. The number of esters is 1. The molecule has 6 heteroatoms. The summed E-state index contributed by atoms with van der Waals surface area (Å²) >= 11 is 0. The van der Waals surface area contributed by atoms with E-state index >= 15 is 0 Å². The molecule has 0 aliphatic heterocycles. The van der Waals surface area contributed by atoms with Crippen LogP contribution in [0.2, 0.25) is 0 Å². The first kappa shape index (κ1) is 15.1. The highest BCUT2D eigenvalue weighted by Gasteiger charge is 2.30. The van der Waals surface area contributed by atoms with Gasteiger partial charge in [-0.2, -0.15) is 13.2 Å². The second kappa shape index (κ2) is 6.26. The lowest BCUT2D eigenvalue weighted by atomic mass is 10.0. The molecule has 0 spiro atoms. The molecule has 0 fully saturated rings. The van der Waals surface area contributed by atoms with E-state index in [2.05, 4.69) is 0 Å². The van der Waals surface area contributed by atoms with Gasteiger partial charge in [0.05, 0.1) is 24.0 Å². The second-order valence-electron chi connectivity index (χ2n) is 3.75. The van der Waals surface area contributed by atoms with E-state index in [1.807, 2.05) is 0 Å². The van der Waals surface area contributed by atoms with E-state index < -0.39 is 17.7 Å². The number of carbonyl (C=O) groups excluding carboxylic acids is 1. The molecule has 3 nitrogen and oxygen atoms in total. The van der Waals surface area contributed by atoms with Crippen LogP contribution >= 0.6 is 0 Å². The lowest BCUT2D eigenvalue weighted by Crippen LogP contribution is -2.10. The molecule has 1 aromatic rings. The molecule has 19 heavy (non-hydrogen) atoms. The molecule has 1 rings (SSSR count). The number of ether oxygens (including phenoxy) is 1. The third-order valence-corrected chi connectivity index (χ3v) is 2.37. The molecule has 0 aromatic heterocycles. The predicted molar refractivity (Wildman–Crippen MR) is 62.5 cm³/mol. The Morgan fingerprint density at radius 1 is 1.32 bits per heavy atom. The molecule has 0 aliphatic carbocycles. The van der Waals surface area contributed by atoms with Crippen LogP contribution in [0.15, 0.2) is 36.1 Å². The van der Waals surface area contributed by atoms with E-state index in [4.69, 9.17) is 9.84 Å². The van der Waals surface area contributed by atoms with E-state index in [9.17, 15) is 18.0 Å². The average molecular weight is 274 g/mol. The number of benzene rings is 1. The maximum absolute atomic E-state index is 12.4. The highest BCUT2D eigenvalue weighted by Crippen LogP contribution is 2.29. The van der Waals surface area contributed by atoms with Crippen LogP contribution in [0.3, 0.4) is 0 Å². The van der Waals surface area contributed by atoms with Crippen LogP contribution in [0.25, 0.3) is 0 Å². The van der Waals surface area contributed by atoms with Crippen LogP contribution in [0.1, 0.15) is 18.1 Å². The number of hydrogen-bond donors (Lipinski definition) is 1. The Morgan fingerprint density at radius 2 is 1.89 bits per heavy atom. The molecule has 0 amide bonds. The smallest absolute Gasteiger partial charge is 0.416 e. The van der Waals surface area contributed by atoms with Crippen molar-refractivity contribution < 1.29 is 27.8 Å². The Bertz CT molecular complexity index is 461. The molecule has 104 valence electrons. The fourth-order valence-corrected chi connectivity index (χ4v) is 1.43. The Labute approximate surface area is 108 Å². The van der Waals surface area contributed by atoms with Crippen LogP contribution in [0.5, 0.6) is 0 Å². The summed E-state index contributed by atoms with van der Waals surface area (Å²) in [6.45, 7) is 1.77. The van der Waals surface area contributed by atoms with Gasteiger partial charge in [0.2, 0.25) is 0 Å². The van der Waals surface area contributed by atoms with Gasteiger partial charge in [-0.15, -0.1) is 0 Å². The molecule has 0 aliphatic rings. The zero-order valence-electron chi connectivity index (χ0n) is 10.2. The van der Waals surface area contributed by atoms with Gasteiger partial charge in [-0.3, -0.25) is 0 Å². The van der Waals surface area contributed by atoms with Crippen LogP contribution in [-0.2, 0) is 22.1 Å². The minimum Gasteiger partial charge on any atom is -0.515 e. The van der Waals surface area contributed by atoms with Gasteiger partial charge in [0, 0.05) is 6.42 Å². The molecule has 0 saturated carbocycles. The number of aliphatic hydroxyl groups is 1. The Kier molecular flexibility index (Phi) is 4.97. The first-order chi connectivity index (χ1) is 8.88. The number of alkyl halides is 3. The number of carbonyl (C=O) groups is 1. The zero-order valence-corrected chi connectivity index (χ0v) is 10.2. The topological polar surface area (TPSA) is 46.5 Å². The van der Waals surface area contributed by atoms with E-state index in [0.717, 1.165) is 12.1 Å². The van der Waals surface area contributed by atoms with Crippen LogP contribution < -0.4 is 0 Å². The largest absolute Gasteiger partial charge is 0.515 e. The molecular formula is C13H13F3O3. The zero-order chi connectivity index (χ0) is 14.5. The quantitative estimate of drug-likeness (QED) is 0.521. The van der Waals surface area contributed by atoms with Crippen LogP contribution in [0.4, 0.5) is 13.2 Å². The summed E-state index contributed by atoms with van der Waals surface area (Å²) in [5.74, 6) is -0.690. The molecule has 0 bridgehead atoms. The van der Waals surface area contributed by atoms with Gasteiger partial charge in [-0.1, -0.05) is 12.1 Å². The van der Waals surface area contributed by atoms with Crippen LogP contribution in [0, 0.1) is 0 Å². The van der Waals surface area contributed by atoms with Crippen molar-refractivity contribution in [2.45, 2.75) is 19.5 Å². The van der Waals surface area contributed by atoms with Gasteiger partial charge < -0.3 is 9.84 Å². The number of aliphatic hydroxyl groups excluding tert-OH is 1. The summed E-state index contributed by atoms with van der Waals surface area (Å²) in [5.41, 5.74) is -0.301. The lowest BCUT2D eigenvalue weighted by Gasteiger charge is -2.08. The van der Waals surface area contributed by atoms with E-state index in [0.29, 0.717) is 11.8 Å². The Morgan fingerprint density at radius 3 is 2.32 bits per heavy atom. The minimum absolute atomic E-state index is 0.00741. The highest BCUT2D eigenvalue weighted by molar-refractivity contribution is 5.88. The fourth-order valence-electron chi connectivity index (χ4n) is 1.43. The van der Waals surface area contributed by atoms with Crippen molar-refractivity contribution in [3.05, 3.63) is 47.2 Å².